The molecule has 0 aliphatic heterocycles. The number of benzene rings is 2. The second kappa shape index (κ2) is 9.88. The van der Waals surface area contributed by atoms with Gasteiger partial charge in [0.05, 0.1) is 12.8 Å². The number of para-hydroxylation sites is 1. The summed E-state index contributed by atoms with van der Waals surface area (Å²) >= 11 is 3.34. The monoisotopic (exact) mass is 388 g/mol. The van der Waals surface area contributed by atoms with Gasteiger partial charge in [0.15, 0.2) is 0 Å². The first-order valence-electron chi connectivity index (χ1n) is 8.01. The molecule has 0 aliphatic rings. The summed E-state index contributed by atoms with van der Waals surface area (Å²) in [6.07, 6.45) is 4.94. The molecule has 0 aliphatic carbocycles. The fourth-order valence-electron chi connectivity index (χ4n) is 2.11. The van der Waals surface area contributed by atoms with Gasteiger partial charge in [-0.1, -0.05) is 53.9 Å². The third-order valence-electron chi connectivity index (χ3n) is 3.38. The quantitative estimate of drug-likeness (QED) is 0.401. The standard InChI is InChI=1S/C19H21BrN2O2/c1-2-3-6-12-24-18-11-5-4-8-16(18)14-21-22-19(23)15-9-7-10-17(20)13-15/h4-5,7-11,13-14H,2-3,6,12H2,1H3,(H,22,23). The Labute approximate surface area is 151 Å². The topological polar surface area (TPSA) is 50.7 Å². The van der Waals surface area contributed by atoms with Crippen molar-refractivity contribution < 1.29 is 9.53 Å². The van der Waals surface area contributed by atoms with Crippen LogP contribution in [-0.4, -0.2) is 18.7 Å². The summed E-state index contributed by atoms with van der Waals surface area (Å²) in [5, 5.41) is 4.03. The van der Waals surface area contributed by atoms with Crippen molar-refractivity contribution in [1.29, 1.82) is 0 Å². The smallest absolute Gasteiger partial charge is 0.271 e. The van der Waals surface area contributed by atoms with Crippen molar-refractivity contribution in [3.63, 3.8) is 0 Å². The molecule has 0 aromatic heterocycles. The first-order chi connectivity index (χ1) is 11.7. The third kappa shape index (κ3) is 5.81. The normalized spacial score (nSPS) is 10.8. The molecular weight excluding hydrogens is 368 g/mol. The highest BCUT2D eigenvalue weighted by Crippen LogP contribution is 2.16. The van der Waals surface area contributed by atoms with Crippen molar-refractivity contribution in [1.82, 2.24) is 5.43 Å². The Balaban J connectivity index is 1.95. The Morgan fingerprint density at radius 3 is 2.83 bits per heavy atom. The first kappa shape index (κ1) is 18.2. The van der Waals surface area contributed by atoms with Crippen molar-refractivity contribution in [3.05, 3.63) is 64.1 Å². The molecule has 0 saturated heterocycles. The molecular formula is C19H21BrN2O2. The number of hydrogen-bond acceptors (Lipinski definition) is 3. The molecule has 0 heterocycles. The molecule has 0 radical (unpaired) electrons. The molecule has 0 bridgehead atoms. The van der Waals surface area contributed by atoms with Crippen LogP contribution in [0.15, 0.2) is 58.1 Å². The fourth-order valence-corrected chi connectivity index (χ4v) is 2.51. The maximum atomic E-state index is 12.0. The fraction of sp³-hybridized carbons (Fsp3) is 0.263. The zero-order chi connectivity index (χ0) is 17.2. The van der Waals surface area contributed by atoms with Crippen LogP contribution in [0.4, 0.5) is 0 Å². The van der Waals surface area contributed by atoms with Gasteiger partial charge in [0.25, 0.3) is 5.91 Å². The van der Waals surface area contributed by atoms with E-state index in [2.05, 4.69) is 33.4 Å². The van der Waals surface area contributed by atoms with E-state index in [9.17, 15) is 4.79 Å². The van der Waals surface area contributed by atoms with Crippen LogP contribution in [0.5, 0.6) is 5.75 Å². The molecule has 0 atom stereocenters. The second-order valence-corrected chi connectivity index (χ2v) is 6.22. The number of nitrogens with one attached hydrogen (secondary N) is 1. The summed E-state index contributed by atoms with van der Waals surface area (Å²) in [6.45, 7) is 2.84. The number of nitrogens with zero attached hydrogens (tertiary/aromatic N) is 1. The lowest BCUT2D eigenvalue weighted by atomic mass is 10.2. The number of ether oxygens (including phenoxy) is 1. The lowest BCUT2D eigenvalue weighted by Gasteiger charge is -2.08. The van der Waals surface area contributed by atoms with E-state index in [1.165, 1.54) is 0 Å². The summed E-state index contributed by atoms with van der Waals surface area (Å²) < 4.78 is 6.64. The van der Waals surface area contributed by atoms with Crippen LogP contribution in [0.1, 0.15) is 42.1 Å². The summed E-state index contributed by atoms with van der Waals surface area (Å²) in [7, 11) is 0. The molecule has 24 heavy (non-hydrogen) atoms. The molecule has 2 aromatic carbocycles. The minimum Gasteiger partial charge on any atom is -0.493 e. The lowest BCUT2D eigenvalue weighted by Crippen LogP contribution is -2.17. The number of hydrogen-bond donors (Lipinski definition) is 1. The maximum Gasteiger partial charge on any atom is 0.271 e. The average molecular weight is 389 g/mol. The van der Waals surface area contributed by atoms with Crippen molar-refractivity contribution in [2.24, 2.45) is 5.10 Å². The summed E-state index contributed by atoms with van der Waals surface area (Å²) in [6, 6.07) is 14.8. The molecule has 1 amide bonds. The Bertz CT molecular complexity index is 701. The minimum atomic E-state index is -0.256. The molecule has 2 aromatic rings. The van der Waals surface area contributed by atoms with Crippen LogP contribution in [-0.2, 0) is 0 Å². The summed E-state index contributed by atoms with van der Waals surface area (Å²) in [5.41, 5.74) is 3.92. The van der Waals surface area contributed by atoms with Crippen LogP contribution in [0.3, 0.4) is 0 Å². The zero-order valence-electron chi connectivity index (χ0n) is 13.7. The van der Waals surface area contributed by atoms with Gasteiger partial charge in [-0.3, -0.25) is 4.79 Å². The molecule has 0 spiro atoms. The number of amides is 1. The van der Waals surface area contributed by atoms with Crippen LogP contribution in [0.2, 0.25) is 0 Å². The first-order valence-corrected chi connectivity index (χ1v) is 8.81. The molecule has 5 heteroatoms. The molecule has 0 unspecified atom stereocenters. The van der Waals surface area contributed by atoms with Gasteiger partial charge >= 0.3 is 0 Å². The van der Waals surface area contributed by atoms with Crippen LogP contribution >= 0.6 is 15.9 Å². The average Bonchev–Trinajstić information content (AvgIpc) is 2.60. The van der Waals surface area contributed by atoms with Crippen molar-refractivity contribution in [2.75, 3.05) is 6.61 Å². The van der Waals surface area contributed by atoms with Gasteiger partial charge in [-0.25, -0.2) is 5.43 Å². The van der Waals surface area contributed by atoms with E-state index in [0.29, 0.717) is 12.2 Å². The van der Waals surface area contributed by atoms with E-state index in [1.54, 1.807) is 18.3 Å². The van der Waals surface area contributed by atoms with E-state index in [1.807, 2.05) is 36.4 Å². The summed E-state index contributed by atoms with van der Waals surface area (Å²) in [5.74, 6) is 0.517. The summed E-state index contributed by atoms with van der Waals surface area (Å²) in [4.78, 5) is 12.0. The second-order valence-electron chi connectivity index (χ2n) is 5.30. The van der Waals surface area contributed by atoms with Gasteiger partial charge in [0.1, 0.15) is 5.75 Å². The maximum absolute atomic E-state index is 12.0. The van der Waals surface area contributed by atoms with Crippen molar-refractivity contribution in [2.45, 2.75) is 26.2 Å². The molecule has 0 saturated carbocycles. The Hall–Kier alpha value is -2.14. The predicted molar refractivity (Wildman–Crippen MR) is 101 cm³/mol. The van der Waals surface area contributed by atoms with Crippen LogP contribution in [0, 0.1) is 0 Å². The third-order valence-corrected chi connectivity index (χ3v) is 3.87. The number of carbonyl (C=O) groups is 1. The number of unbranched alkanes of at least 4 members (excludes halogenated alkanes) is 2. The van der Waals surface area contributed by atoms with Gasteiger partial charge in [0.2, 0.25) is 0 Å². The molecule has 1 N–H and O–H groups in total. The van der Waals surface area contributed by atoms with E-state index in [0.717, 1.165) is 35.0 Å². The predicted octanol–water partition coefficient (Wildman–Crippen LogP) is 4.78. The van der Waals surface area contributed by atoms with E-state index in [-0.39, 0.29) is 5.91 Å². The highest BCUT2D eigenvalue weighted by atomic mass is 79.9. The highest BCUT2D eigenvalue weighted by molar-refractivity contribution is 9.10. The zero-order valence-corrected chi connectivity index (χ0v) is 15.3. The van der Waals surface area contributed by atoms with Gasteiger partial charge in [-0.15, -0.1) is 0 Å². The van der Waals surface area contributed by atoms with Crippen LogP contribution < -0.4 is 10.2 Å². The van der Waals surface area contributed by atoms with Gasteiger partial charge in [-0.2, -0.15) is 5.10 Å². The van der Waals surface area contributed by atoms with Gasteiger partial charge in [-0.05, 0) is 36.8 Å². The number of carbonyl (C=O) groups excluding carboxylic acids is 1. The number of rotatable bonds is 8. The lowest BCUT2D eigenvalue weighted by molar-refractivity contribution is 0.0955. The largest absolute Gasteiger partial charge is 0.493 e. The molecule has 126 valence electrons. The molecule has 2 rings (SSSR count). The SMILES string of the molecule is CCCCCOc1ccccc1C=NNC(=O)c1cccc(Br)c1. The molecule has 4 nitrogen and oxygen atoms in total. The number of halogens is 1. The van der Waals surface area contributed by atoms with Crippen molar-refractivity contribution in [3.8, 4) is 5.75 Å². The van der Waals surface area contributed by atoms with Crippen LogP contribution in [0.25, 0.3) is 0 Å². The van der Waals surface area contributed by atoms with Gasteiger partial charge < -0.3 is 4.74 Å². The Kier molecular flexibility index (Phi) is 7.49. The highest BCUT2D eigenvalue weighted by Gasteiger charge is 2.04. The van der Waals surface area contributed by atoms with E-state index >= 15 is 0 Å². The van der Waals surface area contributed by atoms with Crippen molar-refractivity contribution >= 4 is 28.1 Å². The number of hydrazone groups is 1. The van der Waals surface area contributed by atoms with Gasteiger partial charge in [0, 0.05) is 15.6 Å². The molecule has 0 fully saturated rings. The van der Waals surface area contributed by atoms with E-state index in [4.69, 9.17) is 4.74 Å². The minimum absolute atomic E-state index is 0.256. The van der Waals surface area contributed by atoms with E-state index < -0.39 is 0 Å². The Morgan fingerprint density at radius 2 is 2.04 bits per heavy atom. The Morgan fingerprint density at radius 1 is 1.21 bits per heavy atom.